The fraction of sp³-hybridized carbons (Fsp3) is 0.176. The summed E-state index contributed by atoms with van der Waals surface area (Å²) >= 11 is 3.24. The molecule has 1 aromatic carbocycles. The first-order valence-electron chi connectivity index (χ1n) is 7.23. The Morgan fingerprint density at radius 3 is 2.70 bits per heavy atom. The summed E-state index contributed by atoms with van der Waals surface area (Å²) in [5, 5.41) is 9.06. The number of nitrogens with zero attached hydrogens (tertiary/aromatic N) is 1. The topological polar surface area (TPSA) is 54.0 Å². The largest absolute Gasteiger partial charge is 0.351 e. The average molecular weight is 343 g/mol. The fourth-order valence-corrected chi connectivity index (χ4v) is 3.74. The quantitative estimate of drug-likeness (QED) is 0.714. The number of aromatic nitrogens is 1. The molecule has 3 rings (SSSR count). The van der Waals surface area contributed by atoms with E-state index in [-0.39, 0.29) is 5.91 Å². The monoisotopic (exact) mass is 343 g/mol. The Bertz CT molecular complexity index is 805. The van der Waals surface area contributed by atoms with Gasteiger partial charge in [0.05, 0.1) is 17.1 Å². The number of amides is 1. The minimum atomic E-state index is -0.0156. The van der Waals surface area contributed by atoms with Crippen LogP contribution in [0.4, 0.5) is 10.8 Å². The second-order valence-electron chi connectivity index (χ2n) is 5.20. The van der Waals surface area contributed by atoms with Gasteiger partial charge in [0.15, 0.2) is 5.13 Å². The molecule has 2 N–H and O–H groups in total. The van der Waals surface area contributed by atoms with Crippen molar-refractivity contribution >= 4 is 39.4 Å². The van der Waals surface area contributed by atoms with Crippen LogP contribution < -0.4 is 10.6 Å². The number of thiazole rings is 1. The zero-order valence-electron chi connectivity index (χ0n) is 12.9. The Balaban J connectivity index is 1.69. The zero-order valence-corrected chi connectivity index (χ0v) is 14.6. The van der Waals surface area contributed by atoms with Gasteiger partial charge in [-0.2, -0.15) is 0 Å². The molecule has 0 radical (unpaired) electrons. The highest BCUT2D eigenvalue weighted by atomic mass is 32.1. The molecule has 0 bridgehead atoms. The minimum Gasteiger partial charge on any atom is -0.351 e. The van der Waals surface area contributed by atoms with Crippen molar-refractivity contribution in [1.82, 2.24) is 10.3 Å². The highest BCUT2D eigenvalue weighted by Crippen LogP contribution is 2.31. The zero-order chi connectivity index (χ0) is 16.2. The molecular formula is C17H17N3OS2. The van der Waals surface area contributed by atoms with Crippen LogP contribution in [-0.2, 0) is 11.3 Å². The Morgan fingerprint density at radius 1 is 1.17 bits per heavy atom. The van der Waals surface area contributed by atoms with Gasteiger partial charge in [-0.25, -0.2) is 4.98 Å². The maximum atomic E-state index is 11.0. The van der Waals surface area contributed by atoms with Crippen LogP contribution in [-0.4, -0.2) is 10.9 Å². The number of aryl methyl sites for hydroxylation is 1. The highest BCUT2D eigenvalue weighted by Gasteiger charge is 2.08. The lowest BCUT2D eigenvalue weighted by molar-refractivity contribution is -0.119. The van der Waals surface area contributed by atoms with Crippen LogP contribution in [0.5, 0.6) is 0 Å². The summed E-state index contributed by atoms with van der Waals surface area (Å²) < 4.78 is 0. The van der Waals surface area contributed by atoms with E-state index in [2.05, 4.69) is 34.7 Å². The number of thiophene rings is 1. The van der Waals surface area contributed by atoms with Crippen molar-refractivity contribution in [1.29, 1.82) is 0 Å². The average Bonchev–Trinajstić information content (AvgIpc) is 3.16. The number of carbonyl (C=O) groups excluding carboxylic acids is 1. The molecule has 0 unspecified atom stereocenters. The van der Waals surface area contributed by atoms with E-state index >= 15 is 0 Å². The van der Waals surface area contributed by atoms with Crippen LogP contribution in [0.15, 0.2) is 41.8 Å². The Hall–Kier alpha value is -2.18. The molecule has 0 atom stereocenters. The second kappa shape index (κ2) is 6.93. The molecular weight excluding hydrogens is 326 g/mol. The van der Waals surface area contributed by atoms with Crippen LogP contribution in [0.1, 0.15) is 17.4 Å². The Labute approximate surface area is 143 Å². The summed E-state index contributed by atoms with van der Waals surface area (Å²) in [7, 11) is 0. The van der Waals surface area contributed by atoms with E-state index in [9.17, 15) is 4.79 Å². The third-order valence-corrected chi connectivity index (χ3v) is 5.10. The molecule has 0 aliphatic heterocycles. The van der Waals surface area contributed by atoms with E-state index in [0.29, 0.717) is 6.54 Å². The van der Waals surface area contributed by atoms with Crippen molar-refractivity contribution in [3.05, 3.63) is 52.2 Å². The third-order valence-electron chi connectivity index (χ3n) is 3.23. The van der Waals surface area contributed by atoms with E-state index in [1.807, 2.05) is 29.6 Å². The van der Waals surface area contributed by atoms with Crippen LogP contribution in [0.3, 0.4) is 0 Å². The van der Waals surface area contributed by atoms with Crippen molar-refractivity contribution in [3.63, 3.8) is 0 Å². The number of hydrogen-bond donors (Lipinski definition) is 2. The van der Waals surface area contributed by atoms with Gasteiger partial charge in [-0.3, -0.25) is 4.79 Å². The summed E-state index contributed by atoms with van der Waals surface area (Å²) in [5.41, 5.74) is 3.23. The standard InChI is InChI=1S/C17H17N3OS2/c1-11-3-5-13(6-4-11)19-17-20-15(10-22-17)16-8-7-14(23-16)9-18-12(2)21/h3-8,10H,9H2,1-2H3,(H,18,21)(H,19,20). The number of benzene rings is 1. The molecule has 0 aliphatic rings. The normalized spacial score (nSPS) is 10.5. The van der Waals surface area contributed by atoms with Gasteiger partial charge in [0.25, 0.3) is 0 Å². The Morgan fingerprint density at radius 2 is 1.96 bits per heavy atom. The lowest BCUT2D eigenvalue weighted by Gasteiger charge is -2.02. The number of hydrogen-bond acceptors (Lipinski definition) is 5. The number of carbonyl (C=O) groups is 1. The molecule has 2 aromatic heterocycles. The van der Waals surface area contributed by atoms with Gasteiger partial charge in [0.2, 0.25) is 5.91 Å². The van der Waals surface area contributed by atoms with Gasteiger partial charge in [0.1, 0.15) is 0 Å². The first-order chi connectivity index (χ1) is 11.1. The Kier molecular flexibility index (Phi) is 4.73. The van der Waals surface area contributed by atoms with Crippen LogP contribution >= 0.6 is 22.7 Å². The second-order valence-corrected chi connectivity index (χ2v) is 7.23. The first-order valence-corrected chi connectivity index (χ1v) is 8.92. The van der Waals surface area contributed by atoms with E-state index in [4.69, 9.17) is 0 Å². The van der Waals surface area contributed by atoms with Gasteiger partial charge in [0, 0.05) is 22.9 Å². The van der Waals surface area contributed by atoms with Crippen LogP contribution in [0, 0.1) is 6.92 Å². The van der Waals surface area contributed by atoms with Gasteiger partial charge >= 0.3 is 0 Å². The fourth-order valence-electron chi connectivity index (χ4n) is 2.03. The molecule has 4 nitrogen and oxygen atoms in total. The maximum Gasteiger partial charge on any atom is 0.217 e. The molecule has 3 aromatic rings. The third kappa shape index (κ3) is 4.18. The summed E-state index contributed by atoms with van der Waals surface area (Å²) in [5.74, 6) is -0.0156. The number of rotatable bonds is 5. The first kappa shape index (κ1) is 15.7. The van der Waals surface area contributed by atoms with E-state index in [0.717, 1.165) is 26.3 Å². The maximum absolute atomic E-state index is 11.0. The van der Waals surface area contributed by atoms with Crippen molar-refractivity contribution in [2.24, 2.45) is 0 Å². The van der Waals surface area contributed by atoms with Gasteiger partial charge in [-0.1, -0.05) is 17.7 Å². The summed E-state index contributed by atoms with van der Waals surface area (Å²) in [6.07, 6.45) is 0. The van der Waals surface area contributed by atoms with E-state index in [1.165, 1.54) is 12.5 Å². The number of anilines is 2. The van der Waals surface area contributed by atoms with Crippen LogP contribution in [0.25, 0.3) is 10.6 Å². The lowest BCUT2D eigenvalue weighted by Crippen LogP contribution is -2.17. The van der Waals surface area contributed by atoms with E-state index < -0.39 is 0 Å². The summed E-state index contributed by atoms with van der Waals surface area (Å²) in [4.78, 5) is 17.8. The molecule has 118 valence electrons. The molecule has 0 saturated heterocycles. The summed E-state index contributed by atoms with van der Waals surface area (Å²) in [6, 6.07) is 12.3. The van der Waals surface area contributed by atoms with Gasteiger partial charge in [-0.15, -0.1) is 22.7 Å². The predicted molar refractivity (Wildman–Crippen MR) is 97.4 cm³/mol. The molecule has 0 fully saturated rings. The van der Waals surface area contributed by atoms with Gasteiger partial charge in [-0.05, 0) is 31.2 Å². The highest BCUT2D eigenvalue weighted by molar-refractivity contribution is 7.17. The van der Waals surface area contributed by atoms with Crippen molar-refractivity contribution < 1.29 is 4.79 Å². The summed E-state index contributed by atoms with van der Waals surface area (Å²) in [6.45, 7) is 4.16. The lowest BCUT2D eigenvalue weighted by atomic mass is 10.2. The smallest absolute Gasteiger partial charge is 0.217 e. The van der Waals surface area contributed by atoms with E-state index in [1.54, 1.807) is 22.7 Å². The van der Waals surface area contributed by atoms with Crippen molar-refractivity contribution in [2.75, 3.05) is 5.32 Å². The SMILES string of the molecule is CC(=O)NCc1ccc(-c2csc(Nc3ccc(C)cc3)n2)s1. The van der Waals surface area contributed by atoms with Crippen molar-refractivity contribution in [2.45, 2.75) is 20.4 Å². The molecule has 23 heavy (non-hydrogen) atoms. The van der Waals surface area contributed by atoms with Crippen molar-refractivity contribution in [3.8, 4) is 10.6 Å². The minimum absolute atomic E-state index is 0.0156. The molecule has 2 heterocycles. The van der Waals surface area contributed by atoms with Gasteiger partial charge < -0.3 is 10.6 Å². The van der Waals surface area contributed by atoms with Crippen LogP contribution in [0.2, 0.25) is 0 Å². The molecule has 6 heteroatoms. The number of nitrogens with one attached hydrogen (secondary N) is 2. The molecule has 0 spiro atoms. The predicted octanol–water partition coefficient (Wildman–Crippen LogP) is 4.56. The molecule has 0 aliphatic carbocycles. The molecule has 0 saturated carbocycles. The molecule has 1 amide bonds.